The summed E-state index contributed by atoms with van der Waals surface area (Å²) in [6, 6.07) is 4.96. The highest BCUT2D eigenvalue weighted by atomic mass is 15.0. The molecule has 1 N–H and O–H groups in total. The van der Waals surface area contributed by atoms with E-state index in [4.69, 9.17) is 0 Å². The maximum atomic E-state index is 4.25. The summed E-state index contributed by atoms with van der Waals surface area (Å²) in [7, 11) is 0. The normalized spacial score (nSPS) is 32.2. The smallest absolute Gasteiger partial charge is 0.0302 e. The molecule has 1 aliphatic rings. The summed E-state index contributed by atoms with van der Waals surface area (Å²) >= 11 is 0. The fourth-order valence-corrected chi connectivity index (χ4v) is 3.08. The van der Waals surface area contributed by atoms with Crippen LogP contribution in [0.2, 0.25) is 0 Å². The molecule has 1 aliphatic carbocycles. The molecule has 0 aliphatic heterocycles. The molecule has 3 unspecified atom stereocenters. The maximum absolute atomic E-state index is 4.25. The van der Waals surface area contributed by atoms with Crippen LogP contribution in [-0.2, 0) is 0 Å². The molecule has 0 saturated heterocycles. The van der Waals surface area contributed by atoms with Gasteiger partial charge in [-0.2, -0.15) is 0 Å². The van der Waals surface area contributed by atoms with Crippen LogP contribution in [0.4, 0.5) is 0 Å². The van der Waals surface area contributed by atoms with Crippen LogP contribution in [0, 0.1) is 5.41 Å². The average Bonchev–Trinajstić information content (AvgIpc) is 2.38. The van der Waals surface area contributed by atoms with Crippen LogP contribution in [0.5, 0.6) is 0 Å². The van der Waals surface area contributed by atoms with Crippen molar-refractivity contribution in [1.29, 1.82) is 0 Å². The van der Waals surface area contributed by atoms with Crippen molar-refractivity contribution in [2.75, 3.05) is 6.54 Å². The predicted octanol–water partition coefficient (Wildman–Crippen LogP) is 3.35. The first kappa shape index (κ1) is 12.6. The standard InChI is InChI=1S/C15H24N2/c1-4-8-17-14-10-13(15(14,3)5-2)12-7-6-9-16-11-12/h6-7,9,11,13-14,17H,4-5,8,10H2,1-3H3. The second-order valence-corrected chi connectivity index (χ2v) is 5.44. The third kappa shape index (κ3) is 2.23. The van der Waals surface area contributed by atoms with E-state index in [-0.39, 0.29) is 0 Å². The first-order valence-electron chi connectivity index (χ1n) is 6.85. The van der Waals surface area contributed by atoms with Crippen LogP contribution in [-0.4, -0.2) is 17.6 Å². The zero-order chi connectivity index (χ0) is 12.3. The van der Waals surface area contributed by atoms with Crippen LogP contribution in [0.3, 0.4) is 0 Å². The van der Waals surface area contributed by atoms with Gasteiger partial charge in [-0.05, 0) is 48.8 Å². The van der Waals surface area contributed by atoms with Gasteiger partial charge in [0, 0.05) is 18.4 Å². The van der Waals surface area contributed by atoms with Gasteiger partial charge < -0.3 is 5.32 Å². The fourth-order valence-electron chi connectivity index (χ4n) is 3.08. The Morgan fingerprint density at radius 3 is 2.88 bits per heavy atom. The molecule has 2 rings (SSSR count). The zero-order valence-corrected chi connectivity index (χ0v) is 11.2. The van der Waals surface area contributed by atoms with Gasteiger partial charge in [0.05, 0.1) is 0 Å². The van der Waals surface area contributed by atoms with E-state index in [1.807, 2.05) is 12.4 Å². The average molecular weight is 232 g/mol. The second-order valence-electron chi connectivity index (χ2n) is 5.44. The Labute approximate surface area is 105 Å². The molecule has 2 heteroatoms. The number of nitrogens with one attached hydrogen (secondary N) is 1. The van der Waals surface area contributed by atoms with Gasteiger partial charge in [-0.15, -0.1) is 0 Å². The van der Waals surface area contributed by atoms with Gasteiger partial charge in [0.25, 0.3) is 0 Å². The van der Waals surface area contributed by atoms with E-state index < -0.39 is 0 Å². The molecule has 1 saturated carbocycles. The first-order chi connectivity index (χ1) is 8.22. The summed E-state index contributed by atoms with van der Waals surface area (Å²) in [4.78, 5) is 4.25. The van der Waals surface area contributed by atoms with E-state index in [2.05, 4.69) is 43.2 Å². The van der Waals surface area contributed by atoms with Gasteiger partial charge in [0.15, 0.2) is 0 Å². The third-order valence-electron chi connectivity index (χ3n) is 4.55. The first-order valence-corrected chi connectivity index (χ1v) is 6.85. The Morgan fingerprint density at radius 2 is 2.29 bits per heavy atom. The second kappa shape index (κ2) is 5.18. The lowest BCUT2D eigenvalue weighted by atomic mass is 9.54. The molecule has 0 bridgehead atoms. The number of pyridine rings is 1. The third-order valence-corrected chi connectivity index (χ3v) is 4.55. The van der Waals surface area contributed by atoms with Crippen LogP contribution >= 0.6 is 0 Å². The lowest BCUT2D eigenvalue weighted by Crippen LogP contribution is -2.56. The lowest BCUT2D eigenvalue weighted by Gasteiger charge is -2.54. The number of hydrogen-bond donors (Lipinski definition) is 1. The molecular formula is C15H24N2. The van der Waals surface area contributed by atoms with Crippen LogP contribution in [0.15, 0.2) is 24.5 Å². The molecule has 1 fully saturated rings. The Balaban J connectivity index is 2.07. The summed E-state index contributed by atoms with van der Waals surface area (Å²) in [6.07, 6.45) is 7.60. The molecule has 0 radical (unpaired) electrons. The van der Waals surface area contributed by atoms with Gasteiger partial charge in [0.1, 0.15) is 0 Å². The SMILES string of the molecule is CCCNC1CC(c2cccnc2)C1(C)CC. The molecule has 1 aromatic rings. The van der Waals surface area contributed by atoms with E-state index in [1.165, 1.54) is 24.8 Å². The van der Waals surface area contributed by atoms with Crippen LogP contribution in [0.1, 0.15) is 51.5 Å². The molecule has 3 atom stereocenters. The van der Waals surface area contributed by atoms with E-state index in [0.717, 1.165) is 6.54 Å². The van der Waals surface area contributed by atoms with E-state index in [9.17, 15) is 0 Å². The van der Waals surface area contributed by atoms with Crippen molar-refractivity contribution in [1.82, 2.24) is 10.3 Å². The predicted molar refractivity (Wildman–Crippen MR) is 72.1 cm³/mol. The van der Waals surface area contributed by atoms with E-state index >= 15 is 0 Å². The van der Waals surface area contributed by atoms with Gasteiger partial charge in [-0.3, -0.25) is 4.98 Å². The Bertz CT molecular complexity index is 349. The number of nitrogens with zero attached hydrogens (tertiary/aromatic N) is 1. The van der Waals surface area contributed by atoms with Crippen molar-refractivity contribution in [2.24, 2.45) is 5.41 Å². The molecular weight excluding hydrogens is 208 g/mol. The van der Waals surface area contributed by atoms with Gasteiger partial charge >= 0.3 is 0 Å². The largest absolute Gasteiger partial charge is 0.313 e. The fraction of sp³-hybridized carbons (Fsp3) is 0.667. The van der Waals surface area contributed by atoms with Crippen molar-refractivity contribution in [3.05, 3.63) is 30.1 Å². The van der Waals surface area contributed by atoms with Crippen LogP contribution < -0.4 is 5.32 Å². The lowest BCUT2D eigenvalue weighted by molar-refractivity contribution is 0.0443. The van der Waals surface area contributed by atoms with Crippen molar-refractivity contribution in [2.45, 2.75) is 52.0 Å². The highest BCUT2D eigenvalue weighted by Gasteiger charge is 2.50. The summed E-state index contributed by atoms with van der Waals surface area (Å²) < 4.78 is 0. The minimum absolute atomic E-state index is 0.401. The van der Waals surface area contributed by atoms with E-state index in [0.29, 0.717) is 17.4 Å². The minimum Gasteiger partial charge on any atom is -0.313 e. The van der Waals surface area contributed by atoms with Crippen molar-refractivity contribution < 1.29 is 0 Å². The highest BCUT2D eigenvalue weighted by Crippen LogP contribution is 2.54. The molecule has 2 nitrogen and oxygen atoms in total. The number of aromatic nitrogens is 1. The maximum Gasteiger partial charge on any atom is 0.0302 e. The highest BCUT2D eigenvalue weighted by molar-refractivity contribution is 5.25. The monoisotopic (exact) mass is 232 g/mol. The molecule has 0 spiro atoms. The summed E-state index contributed by atoms with van der Waals surface area (Å²) in [5.41, 5.74) is 1.81. The Kier molecular flexibility index (Phi) is 3.82. The van der Waals surface area contributed by atoms with Gasteiger partial charge in [-0.1, -0.05) is 26.8 Å². The number of hydrogen-bond acceptors (Lipinski definition) is 2. The molecule has 94 valence electrons. The topological polar surface area (TPSA) is 24.9 Å². The van der Waals surface area contributed by atoms with Gasteiger partial charge in [-0.25, -0.2) is 0 Å². The van der Waals surface area contributed by atoms with Gasteiger partial charge in [0.2, 0.25) is 0 Å². The van der Waals surface area contributed by atoms with E-state index in [1.54, 1.807) is 0 Å². The molecule has 0 amide bonds. The quantitative estimate of drug-likeness (QED) is 0.842. The Hall–Kier alpha value is -0.890. The molecule has 1 aromatic heterocycles. The summed E-state index contributed by atoms with van der Waals surface area (Å²) in [5.74, 6) is 0.676. The minimum atomic E-state index is 0.401. The molecule has 17 heavy (non-hydrogen) atoms. The van der Waals surface area contributed by atoms with Crippen molar-refractivity contribution >= 4 is 0 Å². The Morgan fingerprint density at radius 1 is 1.47 bits per heavy atom. The molecule has 0 aromatic carbocycles. The van der Waals surface area contributed by atoms with Crippen molar-refractivity contribution in [3.8, 4) is 0 Å². The zero-order valence-electron chi connectivity index (χ0n) is 11.2. The number of rotatable bonds is 5. The summed E-state index contributed by atoms with van der Waals surface area (Å²) in [5, 5.41) is 3.69. The molecule has 1 heterocycles. The summed E-state index contributed by atoms with van der Waals surface area (Å²) in [6.45, 7) is 8.10. The van der Waals surface area contributed by atoms with Crippen molar-refractivity contribution in [3.63, 3.8) is 0 Å². The van der Waals surface area contributed by atoms with Crippen LogP contribution in [0.25, 0.3) is 0 Å².